The minimum atomic E-state index is 0.274. The van der Waals surface area contributed by atoms with Gasteiger partial charge in [0, 0.05) is 21.5 Å². The molecule has 20 heavy (non-hydrogen) atoms. The summed E-state index contributed by atoms with van der Waals surface area (Å²) in [7, 11) is 0. The Morgan fingerprint density at radius 2 is 2.10 bits per heavy atom. The molecule has 0 saturated heterocycles. The highest BCUT2D eigenvalue weighted by atomic mass is 32.1. The third kappa shape index (κ3) is 3.67. The molecular weight excluding hydrogens is 268 g/mol. The van der Waals surface area contributed by atoms with Gasteiger partial charge in [-0.1, -0.05) is 6.92 Å². The van der Waals surface area contributed by atoms with E-state index in [0.717, 1.165) is 17.9 Å². The van der Waals surface area contributed by atoms with Crippen LogP contribution in [0.1, 0.15) is 36.1 Å². The van der Waals surface area contributed by atoms with Gasteiger partial charge in [-0.15, -0.1) is 11.3 Å². The predicted octanol–water partition coefficient (Wildman–Crippen LogP) is 4.60. The van der Waals surface area contributed by atoms with Crippen molar-refractivity contribution in [1.82, 2.24) is 0 Å². The zero-order chi connectivity index (χ0) is 14.5. The fraction of sp³-hybridized carbons (Fsp3) is 0.375. The number of benzene rings is 1. The van der Waals surface area contributed by atoms with Gasteiger partial charge in [-0.25, -0.2) is 0 Å². The summed E-state index contributed by atoms with van der Waals surface area (Å²) < 4.78 is 5.66. The van der Waals surface area contributed by atoms with Gasteiger partial charge in [0.05, 0.1) is 18.3 Å². The summed E-state index contributed by atoms with van der Waals surface area (Å²) >= 11 is 1.82. The quantitative estimate of drug-likeness (QED) is 0.764. The van der Waals surface area contributed by atoms with Crippen LogP contribution in [0.4, 0.5) is 11.4 Å². The molecule has 1 heterocycles. The van der Waals surface area contributed by atoms with Crippen molar-refractivity contribution in [2.45, 2.75) is 33.2 Å². The topological polar surface area (TPSA) is 47.3 Å². The maximum Gasteiger partial charge on any atom is 0.144 e. The van der Waals surface area contributed by atoms with Crippen molar-refractivity contribution in [2.75, 3.05) is 17.7 Å². The Labute approximate surface area is 124 Å². The number of hydrogen-bond acceptors (Lipinski definition) is 4. The monoisotopic (exact) mass is 290 g/mol. The molecule has 1 aromatic heterocycles. The Hall–Kier alpha value is -1.68. The van der Waals surface area contributed by atoms with Gasteiger partial charge < -0.3 is 15.8 Å². The van der Waals surface area contributed by atoms with Gasteiger partial charge in [-0.3, -0.25) is 0 Å². The summed E-state index contributed by atoms with van der Waals surface area (Å²) in [5.74, 6) is 0.756. The summed E-state index contributed by atoms with van der Waals surface area (Å²) in [4.78, 5) is 2.66. The Balaban J connectivity index is 2.09. The summed E-state index contributed by atoms with van der Waals surface area (Å²) in [6, 6.07) is 10.4. The van der Waals surface area contributed by atoms with E-state index < -0.39 is 0 Å². The Morgan fingerprint density at radius 3 is 2.75 bits per heavy atom. The number of nitrogens with two attached hydrogens (primary N) is 1. The number of thiophene rings is 1. The molecule has 0 fully saturated rings. The van der Waals surface area contributed by atoms with Crippen LogP contribution in [0.3, 0.4) is 0 Å². The smallest absolute Gasteiger partial charge is 0.144 e. The van der Waals surface area contributed by atoms with E-state index in [0.29, 0.717) is 12.3 Å². The highest BCUT2D eigenvalue weighted by molar-refractivity contribution is 7.12. The Morgan fingerprint density at radius 1 is 1.30 bits per heavy atom. The van der Waals surface area contributed by atoms with Gasteiger partial charge >= 0.3 is 0 Å². The minimum absolute atomic E-state index is 0.274. The van der Waals surface area contributed by atoms with E-state index in [1.54, 1.807) is 0 Å². The normalized spacial score (nSPS) is 12.2. The van der Waals surface area contributed by atoms with E-state index in [1.807, 2.05) is 29.5 Å². The van der Waals surface area contributed by atoms with Gasteiger partial charge in [0.25, 0.3) is 0 Å². The first-order chi connectivity index (χ1) is 9.60. The maximum absolute atomic E-state index is 5.92. The molecule has 3 nitrogen and oxygen atoms in total. The Kier molecular flexibility index (Phi) is 4.90. The lowest BCUT2D eigenvalue weighted by Crippen LogP contribution is -2.06. The molecule has 0 aliphatic carbocycles. The maximum atomic E-state index is 5.92. The molecule has 3 N–H and O–H groups in total. The second kappa shape index (κ2) is 6.66. The molecule has 0 aliphatic heterocycles. The molecule has 0 saturated carbocycles. The van der Waals surface area contributed by atoms with Crippen molar-refractivity contribution >= 4 is 22.7 Å². The van der Waals surface area contributed by atoms with Crippen LogP contribution in [0, 0.1) is 6.92 Å². The van der Waals surface area contributed by atoms with Crippen LogP contribution >= 0.6 is 11.3 Å². The lowest BCUT2D eigenvalue weighted by Gasteiger charge is -2.16. The van der Waals surface area contributed by atoms with Crippen molar-refractivity contribution in [3.63, 3.8) is 0 Å². The average molecular weight is 290 g/mol. The van der Waals surface area contributed by atoms with Crippen LogP contribution in [0.15, 0.2) is 30.3 Å². The van der Waals surface area contributed by atoms with Gasteiger partial charge in [0.2, 0.25) is 0 Å². The van der Waals surface area contributed by atoms with E-state index in [2.05, 4.69) is 38.2 Å². The Bertz CT molecular complexity index is 565. The van der Waals surface area contributed by atoms with Crippen LogP contribution < -0.4 is 15.8 Å². The van der Waals surface area contributed by atoms with Gasteiger partial charge in [0.15, 0.2) is 0 Å². The average Bonchev–Trinajstić information content (AvgIpc) is 2.86. The first-order valence-corrected chi connectivity index (χ1v) is 7.77. The van der Waals surface area contributed by atoms with Gasteiger partial charge in [-0.05, 0) is 44.5 Å². The zero-order valence-electron chi connectivity index (χ0n) is 12.3. The third-order valence-corrected chi connectivity index (χ3v) is 4.23. The number of hydrogen-bond donors (Lipinski definition) is 2. The molecule has 1 aromatic carbocycles. The standard InChI is InChI=1S/C16H22N2OS/c1-4-9-19-15-10-13(6-7-14(15)17)18-12(3)16-8-5-11(2)20-16/h5-8,10,12,18H,4,9,17H2,1-3H3. The fourth-order valence-electron chi connectivity index (χ4n) is 1.97. The molecule has 2 aromatic rings. The summed E-state index contributed by atoms with van der Waals surface area (Å²) in [6.45, 7) is 7.06. The second-order valence-corrected chi connectivity index (χ2v) is 6.23. The summed E-state index contributed by atoms with van der Waals surface area (Å²) in [5.41, 5.74) is 7.64. The van der Waals surface area contributed by atoms with Crippen LogP contribution in [-0.4, -0.2) is 6.61 Å². The van der Waals surface area contributed by atoms with Gasteiger partial charge in [-0.2, -0.15) is 0 Å². The van der Waals surface area contributed by atoms with E-state index in [4.69, 9.17) is 10.5 Å². The fourth-order valence-corrected chi connectivity index (χ4v) is 2.85. The molecule has 108 valence electrons. The zero-order valence-corrected chi connectivity index (χ0v) is 13.1. The van der Waals surface area contributed by atoms with Crippen molar-refractivity contribution in [3.05, 3.63) is 40.1 Å². The molecule has 4 heteroatoms. The van der Waals surface area contributed by atoms with Crippen molar-refractivity contribution in [1.29, 1.82) is 0 Å². The number of aryl methyl sites for hydroxylation is 1. The minimum Gasteiger partial charge on any atom is -0.491 e. The first-order valence-electron chi connectivity index (χ1n) is 6.95. The number of nitrogens with one attached hydrogen (secondary N) is 1. The number of ether oxygens (including phenoxy) is 1. The van der Waals surface area contributed by atoms with Crippen LogP contribution in [0.5, 0.6) is 5.75 Å². The molecule has 0 bridgehead atoms. The predicted molar refractivity (Wildman–Crippen MR) is 87.7 cm³/mol. The second-order valence-electron chi connectivity index (χ2n) is 4.92. The number of nitrogen functional groups attached to an aromatic ring is 1. The third-order valence-electron chi connectivity index (χ3n) is 3.05. The molecule has 0 amide bonds. The van der Waals surface area contributed by atoms with E-state index in [9.17, 15) is 0 Å². The number of anilines is 2. The SMILES string of the molecule is CCCOc1cc(NC(C)c2ccc(C)s2)ccc1N. The molecule has 2 rings (SSSR count). The molecular formula is C16H22N2OS. The van der Waals surface area contributed by atoms with Crippen LogP contribution in [0.25, 0.3) is 0 Å². The van der Waals surface area contributed by atoms with E-state index in [1.165, 1.54) is 9.75 Å². The first kappa shape index (κ1) is 14.7. The van der Waals surface area contributed by atoms with Crippen molar-refractivity contribution in [2.24, 2.45) is 0 Å². The number of rotatable bonds is 6. The molecule has 0 spiro atoms. The van der Waals surface area contributed by atoms with E-state index >= 15 is 0 Å². The molecule has 0 radical (unpaired) electrons. The molecule has 1 unspecified atom stereocenters. The van der Waals surface area contributed by atoms with Crippen LogP contribution in [-0.2, 0) is 0 Å². The lowest BCUT2D eigenvalue weighted by molar-refractivity contribution is 0.319. The van der Waals surface area contributed by atoms with Gasteiger partial charge in [0.1, 0.15) is 5.75 Å². The van der Waals surface area contributed by atoms with Crippen molar-refractivity contribution in [3.8, 4) is 5.75 Å². The summed E-state index contributed by atoms with van der Waals surface area (Å²) in [6.07, 6.45) is 0.974. The molecule has 0 aliphatic rings. The molecule has 1 atom stereocenters. The van der Waals surface area contributed by atoms with E-state index in [-0.39, 0.29) is 6.04 Å². The van der Waals surface area contributed by atoms with Crippen LogP contribution in [0.2, 0.25) is 0 Å². The highest BCUT2D eigenvalue weighted by Gasteiger charge is 2.09. The summed E-state index contributed by atoms with van der Waals surface area (Å²) in [5, 5.41) is 3.49. The highest BCUT2D eigenvalue weighted by Crippen LogP contribution is 2.30. The lowest BCUT2D eigenvalue weighted by atomic mass is 10.2. The largest absolute Gasteiger partial charge is 0.491 e. The van der Waals surface area contributed by atoms with Crippen molar-refractivity contribution < 1.29 is 4.74 Å².